The number of aliphatic hydroxyl groups excluding tert-OH is 1. The summed E-state index contributed by atoms with van der Waals surface area (Å²) in [5.74, 6) is -0.367. The molecule has 0 saturated carbocycles. The molecule has 0 bridgehead atoms. The lowest BCUT2D eigenvalue weighted by Crippen LogP contribution is -2.26. The molecular formula is C18H12BrFN4O2. The normalized spacial score (nSPS) is 14.5. The molecule has 1 aliphatic heterocycles. The van der Waals surface area contributed by atoms with Crippen LogP contribution in [0.1, 0.15) is 5.82 Å². The quantitative estimate of drug-likeness (QED) is 0.597. The number of rotatable bonds is 2. The highest BCUT2D eigenvalue weighted by molar-refractivity contribution is 9.10. The maximum Gasteiger partial charge on any atom is 0.259 e. The number of hydrogen-bond donors (Lipinski definition) is 3. The Hall–Kier alpha value is -3.00. The van der Waals surface area contributed by atoms with E-state index < -0.39 is 0 Å². The number of anilines is 1. The molecule has 0 saturated heterocycles. The van der Waals surface area contributed by atoms with Gasteiger partial charge in [-0.2, -0.15) is 0 Å². The molecule has 1 aromatic heterocycles. The predicted molar refractivity (Wildman–Crippen MR) is 101 cm³/mol. The Balaban J connectivity index is 1.78. The van der Waals surface area contributed by atoms with Crippen molar-refractivity contribution in [2.45, 2.75) is 0 Å². The molecule has 3 N–H and O–H groups in total. The summed E-state index contributed by atoms with van der Waals surface area (Å²) >= 11 is 3.31. The standard InChI is InChI=1S/C18H12BrFN4O2/c19-9-1-6-13-12(7-9)18(26)23-17(22-13)15-14(25)8-24(16(15)21)11-4-2-10(20)3-5-11/h1-7,21,25H,8H2,(H,22,23,26). The van der Waals surface area contributed by atoms with E-state index in [4.69, 9.17) is 5.41 Å². The van der Waals surface area contributed by atoms with Crippen LogP contribution in [-0.2, 0) is 0 Å². The molecule has 0 spiro atoms. The summed E-state index contributed by atoms with van der Waals surface area (Å²) in [4.78, 5) is 20.9. The number of halogens is 2. The van der Waals surface area contributed by atoms with E-state index in [0.717, 1.165) is 4.47 Å². The number of aromatic nitrogens is 2. The van der Waals surface area contributed by atoms with Crippen molar-refractivity contribution in [2.24, 2.45) is 0 Å². The first-order valence-corrected chi connectivity index (χ1v) is 8.47. The van der Waals surface area contributed by atoms with Crippen molar-refractivity contribution in [1.29, 1.82) is 5.41 Å². The van der Waals surface area contributed by atoms with Gasteiger partial charge >= 0.3 is 0 Å². The first-order chi connectivity index (χ1) is 12.4. The largest absolute Gasteiger partial charge is 0.509 e. The van der Waals surface area contributed by atoms with E-state index >= 15 is 0 Å². The van der Waals surface area contributed by atoms with Crippen LogP contribution in [0, 0.1) is 11.2 Å². The molecule has 4 rings (SSSR count). The van der Waals surface area contributed by atoms with Crippen molar-refractivity contribution >= 4 is 43.9 Å². The minimum absolute atomic E-state index is 0.0197. The van der Waals surface area contributed by atoms with Crippen molar-refractivity contribution in [3.05, 3.63) is 74.7 Å². The molecule has 130 valence electrons. The van der Waals surface area contributed by atoms with Crippen LogP contribution < -0.4 is 10.5 Å². The van der Waals surface area contributed by atoms with Crippen LogP contribution in [-0.4, -0.2) is 27.5 Å². The molecule has 2 aromatic carbocycles. The van der Waals surface area contributed by atoms with Gasteiger partial charge in [-0.15, -0.1) is 0 Å². The summed E-state index contributed by atoms with van der Waals surface area (Å²) in [6, 6.07) is 10.7. The monoisotopic (exact) mass is 414 g/mol. The topological polar surface area (TPSA) is 93.1 Å². The fourth-order valence-corrected chi connectivity index (χ4v) is 3.26. The van der Waals surface area contributed by atoms with E-state index in [0.29, 0.717) is 16.6 Å². The van der Waals surface area contributed by atoms with Gasteiger partial charge in [-0.1, -0.05) is 15.9 Å². The molecule has 0 unspecified atom stereocenters. The van der Waals surface area contributed by atoms with Crippen molar-refractivity contribution < 1.29 is 9.50 Å². The van der Waals surface area contributed by atoms with Crippen molar-refractivity contribution in [3.63, 3.8) is 0 Å². The Labute approximate surface area is 155 Å². The van der Waals surface area contributed by atoms with E-state index in [1.807, 2.05) is 0 Å². The molecule has 8 heteroatoms. The molecular weight excluding hydrogens is 403 g/mol. The number of fused-ring (bicyclic) bond motifs is 1. The molecule has 6 nitrogen and oxygen atoms in total. The van der Waals surface area contributed by atoms with Crippen LogP contribution in [0.25, 0.3) is 16.5 Å². The van der Waals surface area contributed by atoms with Crippen LogP contribution in [0.3, 0.4) is 0 Å². The molecule has 0 atom stereocenters. The van der Waals surface area contributed by atoms with Gasteiger partial charge in [0.15, 0.2) is 0 Å². The van der Waals surface area contributed by atoms with Gasteiger partial charge in [0.1, 0.15) is 23.2 Å². The zero-order valence-corrected chi connectivity index (χ0v) is 14.8. The van der Waals surface area contributed by atoms with Crippen LogP contribution in [0.5, 0.6) is 0 Å². The van der Waals surface area contributed by atoms with E-state index in [2.05, 4.69) is 25.9 Å². The molecule has 26 heavy (non-hydrogen) atoms. The van der Waals surface area contributed by atoms with Gasteiger partial charge in [0, 0.05) is 10.2 Å². The summed E-state index contributed by atoms with van der Waals surface area (Å²) in [6.07, 6.45) is 0. The molecule has 0 fully saturated rings. The fraction of sp³-hybridized carbons (Fsp3) is 0.0556. The maximum atomic E-state index is 13.1. The molecule has 0 aliphatic carbocycles. The third-order valence-corrected chi connectivity index (χ3v) is 4.64. The first kappa shape index (κ1) is 16.5. The summed E-state index contributed by atoms with van der Waals surface area (Å²) in [7, 11) is 0. The lowest BCUT2D eigenvalue weighted by molar-refractivity contribution is 0.411. The predicted octanol–water partition coefficient (Wildman–Crippen LogP) is 3.59. The lowest BCUT2D eigenvalue weighted by Gasteiger charge is -2.18. The van der Waals surface area contributed by atoms with Gasteiger partial charge in [0.25, 0.3) is 5.56 Å². The number of nitrogens with one attached hydrogen (secondary N) is 2. The molecule has 0 radical (unpaired) electrons. The Morgan fingerprint density at radius 1 is 1.23 bits per heavy atom. The summed E-state index contributed by atoms with van der Waals surface area (Å²) in [5, 5.41) is 19.1. The second kappa shape index (κ2) is 6.06. The average Bonchev–Trinajstić information content (AvgIpc) is 2.90. The summed E-state index contributed by atoms with van der Waals surface area (Å²) in [6.45, 7) is 0.0435. The molecule has 0 amide bonds. The van der Waals surface area contributed by atoms with Crippen LogP contribution in [0.4, 0.5) is 10.1 Å². The second-order valence-corrected chi connectivity index (χ2v) is 6.72. The number of benzene rings is 2. The highest BCUT2D eigenvalue weighted by Gasteiger charge is 2.31. The van der Waals surface area contributed by atoms with Crippen LogP contribution in [0.2, 0.25) is 0 Å². The summed E-state index contributed by atoms with van der Waals surface area (Å²) < 4.78 is 13.9. The Morgan fingerprint density at radius 2 is 1.96 bits per heavy atom. The first-order valence-electron chi connectivity index (χ1n) is 7.68. The van der Waals surface area contributed by atoms with E-state index in [9.17, 15) is 14.3 Å². The number of H-pyrrole nitrogens is 1. The SMILES string of the molecule is N=C1C(c2nc3ccc(Br)cc3c(=O)[nH]2)=C(O)CN1c1ccc(F)cc1. The highest BCUT2D eigenvalue weighted by Crippen LogP contribution is 2.29. The number of nitrogens with zero attached hydrogens (tertiary/aromatic N) is 2. The number of aromatic amines is 1. The lowest BCUT2D eigenvalue weighted by atomic mass is 10.2. The van der Waals surface area contributed by atoms with Gasteiger partial charge in [-0.05, 0) is 42.5 Å². The van der Waals surface area contributed by atoms with E-state index in [-0.39, 0.29) is 40.9 Å². The molecule has 3 aromatic rings. The van der Waals surface area contributed by atoms with E-state index in [1.54, 1.807) is 18.2 Å². The highest BCUT2D eigenvalue weighted by atomic mass is 79.9. The Kier molecular flexibility index (Phi) is 3.84. The van der Waals surface area contributed by atoms with Gasteiger partial charge in [0.2, 0.25) is 0 Å². The number of aliphatic hydroxyl groups is 1. The fourth-order valence-electron chi connectivity index (χ4n) is 2.90. The van der Waals surface area contributed by atoms with Crippen LogP contribution >= 0.6 is 15.9 Å². The van der Waals surface area contributed by atoms with Crippen molar-refractivity contribution in [3.8, 4) is 0 Å². The minimum Gasteiger partial charge on any atom is -0.509 e. The third-order valence-electron chi connectivity index (χ3n) is 4.15. The van der Waals surface area contributed by atoms with Crippen LogP contribution in [0.15, 0.2) is 57.5 Å². The Morgan fingerprint density at radius 3 is 2.69 bits per heavy atom. The maximum absolute atomic E-state index is 13.1. The smallest absolute Gasteiger partial charge is 0.259 e. The van der Waals surface area contributed by atoms with Gasteiger partial charge < -0.3 is 15.0 Å². The van der Waals surface area contributed by atoms with Crippen molar-refractivity contribution in [1.82, 2.24) is 9.97 Å². The molecule has 2 heterocycles. The number of amidine groups is 1. The molecule has 1 aliphatic rings. The zero-order chi connectivity index (χ0) is 18.4. The zero-order valence-electron chi connectivity index (χ0n) is 13.3. The minimum atomic E-state index is -0.386. The number of hydrogen-bond acceptors (Lipinski definition) is 4. The van der Waals surface area contributed by atoms with E-state index in [1.165, 1.54) is 29.2 Å². The Bertz CT molecular complexity index is 1140. The van der Waals surface area contributed by atoms with Gasteiger partial charge in [0.05, 0.1) is 23.0 Å². The average molecular weight is 415 g/mol. The van der Waals surface area contributed by atoms with Gasteiger partial charge in [-0.3, -0.25) is 10.2 Å². The van der Waals surface area contributed by atoms with Gasteiger partial charge in [-0.25, -0.2) is 9.37 Å². The van der Waals surface area contributed by atoms with Crippen molar-refractivity contribution in [2.75, 3.05) is 11.4 Å². The third kappa shape index (κ3) is 2.68. The second-order valence-electron chi connectivity index (χ2n) is 5.81. The summed E-state index contributed by atoms with van der Waals surface area (Å²) in [5.41, 5.74) is 0.807.